The average molecular weight is 253 g/mol. The summed E-state index contributed by atoms with van der Waals surface area (Å²) in [7, 11) is 0. The van der Waals surface area contributed by atoms with Gasteiger partial charge in [0, 0.05) is 17.9 Å². The standard InChI is InChI=1S/C15H21ClO/c1-12(2)11-13-6-8-14(9-7-13)15(17)5-3-4-10-16/h6-9,12H,3-5,10-11H2,1-2H3. The highest BCUT2D eigenvalue weighted by molar-refractivity contribution is 6.17. The van der Waals surface area contributed by atoms with Crippen LogP contribution in [0.15, 0.2) is 24.3 Å². The van der Waals surface area contributed by atoms with Crippen molar-refractivity contribution in [2.24, 2.45) is 5.92 Å². The van der Waals surface area contributed by atoms with Crippen LogP contribution in [0.2, 0.25) is 0 Å². The largest absolute Gasteiger partial charge is 0.294 e. The molecule has 1 aromatic carbocycles. The zero-order chi connectivity index (χ0) is 12.7. The maximum atomic E-state index is 11.8. The van der Waals surface area contributed by atoms with Gasteiger partial charge in [0.15, 0.2) is 5.78 Å². The van der Waals surface area contributed by atoms with Crippen LogP contribution in [0.3, 0.4) is 0 Å². The lowest BCUT2D eigenvalue weighted by Gasteiger charge is -2.06. The van der Waals surface area contributed by atoms with Crippen LogP contribution >= 0.6 is 11.6 Å². The SMILES string of the molecule is CC(C)Cc1ccc(C(=O)CCCCCl)cc1. The van der Waals surface area contributed by atoms with Gasteiger partial charge in [-0.3, -0.25) is 4.79 Å². The fourth-order valence-electron chi connectivity index (χ4n) is 1.82. The van der Waals surface area contributed by atoms with Gasteiger partial charge in [0.2, 0.25) is 0 Å². The van der Waals surface area contributed by atoms with Crippen LogP contribution < -0.4 is 0 Å². The van der Waals surface area contributed by atoms with E-state index in [0.717, 1.165) is 24.8 Å². The number of hydrogen-bond acceptors (Lipinski definition) is 1. The minimum Gasteiger partial charge on any atom is -0.294 e. The van der Waals surface area contributed by atoms with E-state index < -0.39 is 0 Å². The normalized spacial score (nSPS) is 10.8. The molecule has 1 rings (SSSR count). The van der Waals surface area contributed by atoms with Gasteiger partial charge in [0.05, 0.1) is 0 Å². The van der Waals surface area contributed by atoms with Gasteiger partial charge >= 0.3 is 0 Å². The molecule has 17 heavy (non-hydrogen) atoms. The minimum atomic E-state index is 0.228. The molecular weight excluding hydrogens is 232 g/mol. The predicted octanol–water partition coefficient (Wildman–Crippen LogP) is 4.48. The van der Waals surface area contributed by atoms with Crippen LogP contribution in [0.4, 0.5) is 0 Å². The number of carbonyl (C=O) groups excluding carboxylic acids is 1. The van der Waals surface area contributed by atoms with Crippen molar-refractivity contribution in [3.8, 4) is 0 Å². The smallest absolute Gasteiger partial charge is 0.162 e. The maximum absolute atomic E-state index is 11.8. The number of benzene rings is 1. The zero-order valence-electron chi connectivity index (χ0n) is 10.7. The average Bonchev–Trinajstić information content (AvgIpc) is 2.29. The molecule has 0 fully saturated rings. The lowest BCUT2D eigenvalue weighted by molar-refractivity contribution is 0.0980. The molecule has 0 bridgehead atoms. The molecule has 0 N–H and O–H groups in total. The van der Waals surface area contributed by atoms with Crippen LogP contribution in [-0.4, -0.2) is 11.7 Å². The van der Waals surface area contributed by atoms with Crippen molar-refractivity contribution in [2.75, 3.05) is 5.88 Å². The quantitative estimate of drug-likeness (QED) is 0.397. The number of unbranched alkanes of at least 4 members (excludes halogenated alkanes) is 1. The predicted molar refractivity (Wildman–Crippen MR) is 73.9 cm³/mol. The third-order valence-electron chi connectivity index (χ3n) is 2.71. The summed E-state index contributed by atoms with van der Waals surface area (Å²) in [6, 6.07) is 8.02. The molecule has 0 aromatic heterocycles. The van der Waals surface area contributed by atoms with Crippen molar-refractivity contribution >= 4 is 17.4 Å². The van der Waals surface area contributed by atoms with Crippen molar-refractivity contribution in [2.45, 2.75) is 39.5 Å². The second-order valence-electron chi connectivity index (χ2n) is 4.86. The molecule has 1 nitrogen and oxygen atoms in total. The third-order valence-corrected chi connectivity index (χ3v) is 2.97. The van der Waals surface area contributed by atoms with Crippen LogP contribution in [0.1, 0.15) is 49.0 Å². The van der Waals surface area contributed by atoms with Gasteiger partial charge in [0.25, 0.3) is 0 Å². The summed E-state index contributed by atoms with van der Waals surface area (Å²) in [5, 5.41) is 0. The van der Waals surface area contributed by atoms with Crippen LogP contribution in [0.5, 0.6) is 0 Å². The molecule has 0 aliphatic carbocycles. The summed E-state index contributed by atoms with van der Waals surface area (Å²) >= 11 is 5.59. The maximum Gasteiger partial charge on any atom is 0.162 e. The van der Waals surface area contributed by atoms with E-state index in [9.17, 15) is 4.79 Å². The summed E-state index contributed by atoms with van der Waals surface area (Å²) in [5.74, 6) is 1.52. The molecule has 0 saturated heterocycles. The summed E-state index contributed by atoms with van der Waals surface area (Å²) in [6.45, 7) is 4.40. The number of rotatable bonds is 7. The third kappa shape index (κ3) is 5.36. The fourth-order valence-corrected chi connectivity index (χ4v) is 2.01. The lowest BCUT2D eigenvalue weighted by atomic mass is 9.99. The van der Waals surface area contributed by atoms with E-state index in [4.69, 9.17) is 11.6 Å². The molecule has 0 unspecified atom stereocenters. The van der Waals surface area contributed by atoms with Crippen molar-refractivity contribution in [3.05, 3.63) is 35.4 Å². The molecule has 0 aliphatic rings. The Morgan fingerprint density at radius 3 is 2.35 bits per heavy atom. The summed E-state index contributed by atoms with van der Waals surface area (Å²) in [4.78, 5) is 11.8. The summed E-state index contributed by atoms with van der Waals surface area (Å²) in [6.07, 6.45) is 3.48. The van der Waals surface area contributed by atoms with Gasteiger partial charge in [-0.05, 0) is 30.7 Å². The van der Waals surface area contributed by atoms with E-state index >= 15 is 0 Å². The molecule has 0 radical (unpaired) electrons. The topological polar surface area (TPSA) is 17.1 Å². The molecule has 1 aromatic rings. The summed E-state index contributed by atoms with van der Waals surface area (Å²) < 4.78 is 0. The van der Waals surface area contributed by atoms with Crippen molar-refractivity contribution in [3.63, 3.8) is 0 Å². The Morgan fingerprint density at radius 2 is 1.82 bits per heavy atom. The summed E-state index contributed by atoms with van der Waals surface area (Å²) in [5.41, 5.74) is 2.13. The second-order valence-corrected chi connectivity index (χ2v) is 5.24. The Hall–Kier alpha value is -0.820. The van der Waals surface area contributed by atoms with E-state index in [1.165, 1.54) is 5.56 Å². The number of alkyl halides is 1. The van der Waals surface area contributed by atoms with E-state index in [-0.39, 0.29) is 5.78 Å². The molecule has 0 saturated carbocycles. The molecule has 0 spiro atoms. The monoisotopic (exact) mass is 252 g/mol. The molecule has 2 heteroatoms. The minimum absolute atomic E-state index is 0.228. The van der Waals surface area contributed by atoms with Crippen LogP contribution in [0, 0.1) is 5.92 Å². The van der Waals surface area contributed by atoms with Gasteiger partial charge in [-0.15, -0.1) is 11.6 Å². The fraction of sp³-hybridized carbons (Fsp3) is 0.533. The Kier molecular flexibility index (Phi) is 6.28. The molecule has 0 heterocycles. The lowest BCUT2D eigenvalue weighted by Crippen LogP contribution is -2.00. The highest BCUT2D eigenvalue weighted by Crippen LogP contribution is 2.12. The molecular formula is C15H21ClO. The molecule has 94 valence electrons. The number of carbonyl (C=O) groups is 1. The first-order valence-corrected chi connectivity index (χ1v) is 6.85. The first kappa shape index (κ1) is 14.2. The van der Waals surface area contributed by atoms with E-state index in [1.807, 2.05) is 12.1 Å². The molecule has 0 amide bonds. The van der Waals surface area contributed by atoms with Gasteiger partial charge in [-0.2, -0.15) is 0 Å². The van der Waals surface area contributed by atoms with Gasteiger partial charge in [-0.25, -0.2) is 0 Å². The first-order valence-electron chi connectivity index (χ1n) is 6.31. The Labute approximate surface area is 109 Å². The van der Waals surface area contributed by atoms with E-state index in [1.54, 1.807) is 0 Å². The van der Waals surface area contributed by atoms with E-state index in [2.05, 4.69) is 26.0 Å². The van der Waals surface area contributed by atoms with Crippen molar-refractivity contribution in [1.82, 2.24) is 0 Å². The molecule has 0 atom stereocenters. The number of Topliss-reactive ketones (excluding diaryl/α,β-unsaturated/α-hetero) is 1. The van der Waals surface area contributed by atoms with Gasteiger partial charge < -0.3 is 0 Å². The number of hydrogen-bond donors (Lipinski definition) is 0. The Morgan fingerprint density at radius 1 is 1.18 bits per heavy atom. The van der Waals surface area contributed by atoms with Crippen molar-refractivity contribution < 1.29 is 4.79 Å². The number of ketones is 1. The zero-order valence-corrected chi connectivity index (χ0v) is 11.5. The highest BCUT2D eigenvalue weighted by atomic mass is 35.5. The van der Waals surface area contributed by atoms with Gasteiger partial charge in [0.1, 0.15) is 0 Å². The van der Waals surface area contributed by atoms with Gasteiger partial charge in [-0.1, -0.05) is 38.1 Å². The van der Waals surface area contributed by atoms with Crippen LogP contribution in [-0.2, 0) is 6.42 Å². The van der Waals surface area contributed by atoms with Crippen LogP contribution in [0.25, 0.3) is 0 Å². The Balaban J connectivity index is 2.52. The molecule has 0 aliphatic heterocycles. The second kappa shape index (κ2) is 7.50. The highest BCUT2D eigenvalue weighted by Gasteiger charge is 2.05. The van der Waals surface area contributed by atoms with E-state index in [0.29, 0.717) is 18.2 Å². The number of halogens is 1. The van der Waals surface area contributed by atoms with Crippen molar-refractivity contribution in [1.29, 1.82) is 0 Å². The Bertz CT molecular complexity index is 340. The first-order chi connectivity index (χ1) is 8.13.